The highest BCUT2D eigenvalue weighted by molar-refractivity contribution is 7.16. The van der Waals surface area contributed by atoms with E-state index in [2.05, 4.69) is 15.8 Å². The van der Waals surface area contributed by atoms with Gasteiger partial charge in [0.15, 0.2) is 0 Å². The van der Waals surface area contributed by atoms with Crippen LogP contribution in [0.1, 0.15) is 15.4 Å². The number of H-pyrrole nitrogens is 1. The summed E-state index contributed by atoms with van der Waals surface area (Å²) in [6, 6.07) is 14.8. The molecule has 0 saturated carbocycles. The van der Waals surface area contributed by atoms with E-state index >= 15 is 0 Å². The van der Waals surface area contributed by atoms with Crippen LogP contribution >= 0.6 is 22.9 Å². The minimum absolute atomic E-state index is 0.371. The Labute approximate surface area is 153 Å². The minimum atomic E-state index is -0.415. The number of benzene rings is 1. The Morgan fingerprint density at radius 1 is 1.04 bits per heavy atom. The maximum Gasteiger partial charge on any atom is 0.286 e. The number of rotatable bonds is 4. The third kappa shape index (κ3) is 4.59. The van der Waals surface area contributed by atoms with E-state index in [1.165, 1.54) is 6.08 Å². The van der Waals surface area contributed by atoms with Gasteiger partial charge in [-0.1, -0.05) is 23.7 Å². The molecule has 0 radical (unpaired) electrons. The number of aromatic nitrogens is 1. The number of hydrogen-bond acceptors (Lipinski definition) is 3. The molecule has 0 atom stereocenters. The summed E-state index contributed by atoms with van der Waals surface area (Å²) in [6.45, 7) is 0. The molecule has 7 heteroatoms. The molecule has 126 valence electrons. The molecule has 0 bridgehead atoms. The van der Waals surface area contributed by atoms with Gasteiger partial charge in [-0.25, -0.2) is 0 Å². The van der Waals surface area contributed by atoms with Gasteiger partial charge < -0.3 is 4.98 Å². The molecule has 2 heterocycles. The van der Waals surface area contributed by atoms with Crippen molar-refractivity contribution in [1.82, 2.24) is 15.8 Å². The van der Waals surface area contributed by atoms with Crippen LogP contribution in [0.3, 0.4) is 0 Å². The van der Waals surface area contributed by atoms with Crippen molar-refractivity contribution in [3.05, 3.63) is 76.4 Å². The van der Waals surface area contributed by atoms with E-state index < -0.39 is 11.8 Å². The monoisotopic (exact) mass is 371 g/mol. The van der Waals surface area contributed by atoms with Crippen LogP contribution in [-0.4, -0.2) is 16.8 Å². The summed E-state index contributed by atoms with van der Waals surface area (Å²) < 4.78 is 0. The van der Waals surface area contributed by atoms with Crippen molar-refractivity contribution in [3.63, 3.8) is 0 Å². The average molecular weight is 372 g/mol. The van der Waals surface area contributed by atoms with Crippen LogP contribution in [0.5, 0.6) is 0 Å². The second-order valence-electron chi connectivity index (χ2n) is 5.07. The van der Waals surface area contributed by atoms with Crippen LogP contribution in [-0.2, 0) is 4.79 Å². The van der Waals surface area contributed by atoms with Gasteiger partial charge in [-0.05, 0) is 48.0 Å². The number of aromatic amines is 1. The van der Waals surface area contributed by atoms with E-state index in [4.69, 9.17) is 11.6 Å². The normalized spacial score (nSPS) is 10.8. The summed E-state index contributed by atoms with van der Waals surface area (Å²) in [4.78, 5) is 28.2. The van der Waals surface area contributed by atoms with Gasteiger partial charge in [0, 0.05) is 27.0 Å². The smallest absolute Gasteiger partial charge is 0.286 e. The van der Waals surface area contributed by atoms with Crippen LogP contribution in [0.2, 0.25) is 5.02 Å². The molecule has 1 aromatic carbocycles. The van der Waals surface area contributed by atoms with E-state index in [1.54, 1.807) is 35.7 Å². The summed E-state index contributed by atoms with van der Waals surface area (Å²) in [5, 5.41) is 0.693. The second-order valence-corrected chi connectivity index (χ2v) is 6.62. The average Bonchev–Trinajstić information content (AvgIpc) is 3.30. The lowest BCUT2D eigenvalue weighted by atomic mass is 10.2. The van der Waals surface area contributed by atoms with E-state index in [0.717, 1.165) is 15.3 Å². The summed E-state index contributed by atoms with van der Waals surface area (Å²) in [5.41, 5.74) is 6.09. The topological polar surface area (TPSA) is 74.0 Å². The maximum absolute atomic E-state index is 11.8. The molecular weight excluding hydrogens is 358 g/mol. The number of carbonyl (C=O) groups is 2. The molecular formula is C18H14ClN3O2S. The van der Waals surface area contributed by atoms with Crippen LogP contribution in [0.4, 0.5) is 0 Å². The molecule has 5 nitrogen and oxygen atoms in total. The van der Waals surface area contributed by atoms with Crippen LogP contribution < -0.4 is 10.9 Å². The summed E-state index contributed by atoms with van der Waals surface area (Å²) in [5.74, 6) is -0.825. The fraction of sp³-hybridized carbons (Fsp3) is 0. The Kier molecular flexibility index (Phi) is 5.33. The maximum atomic E-state index is 11.8. The molecule has 25 heavy (non-hydrogen) atoms. The van der Waals surface area contributed by atoms with E-state index in [9.17, 15) is 9.59 Å². The fourth-order valence-electron chi connectivity index (χ4n) is 2.07. The first-order valence-electron chi connectivity index (χ1n) is 7.39. The van der Waals surface area contributed by atoms with Gasteiger partial charge in [0.2, 0.25) is 0 Å². The molecule has 2 aromatic heterocycles. The van der Waals surface area contributed by atoms with Crippen molar-refractivity contribution in [3.8, 4) is 10.4 Å². The van der Waals surface area contributed by atoms with E-state index in [-0.39, 0.29) is 0 Å². The second kappa shape index (κ2) is 7.83. The SMILES string of the molecule is O=C(C=Cc1ccc(-c2ccc(Cl)cc2)s1)NNC(=O)c1ccc[nH]1. The molecule has 0 saturated heterocycles. The molecule has 3 N–H and O–H groups in total. The Bertz CT molecular complexity index is 899. The Hall–Kier alpha value is -2.83. The van der Waals surface area contributed by atoms with E-state index in [1.807, 2.05) is 36.4 Å². The molecule has 0 aliphatic carbocycles. The molecule has 0 aliphatic heterocycles. The number of hydrazine groups is 1. The molecule has 0 unspecified atom stereocenters. The van der Waals surface area contributed by atoms with Crippen LogP contribution in [0.15, 0.2) is 60.8 Å². The number of nitrogens with one attached hydrogen (secondary N) is 3. The molecule has 0 aliphatic rings. The first-order valence-corrected chi connectivity index (χ1v) is 8.59. The number of amides is 2. The van der Waals surface area contributed by atoms with Crippen molar-refractivity contribution >= 4 is 40.8 Å². The Morgan fingerprint density at radius 2 is 1.84 bits per heavy atom. The number of halogens is 1. The third-order valence-electron chi connectivity index (χ3n) is 3.30. The zero-order valence-electron chi connectivity index (χ0n) is 13.0. The fourth-order valence-corrected chi connectivity index (χ4v) is 3.11. The minimum Gasteiger partial charge on any atom is -0.357 e. The highest BCUT2D eigenvalue weighted by Gasteiger charge is 2.06. The van der Waals surface area contributed by atoms with Gasteiger partial charge in [0.25, 0.3) is 11.8 Å². The third-order valence-corrected chi connectivity index (χ3v) is 4.65. The number of hydrogen-bond donors (Lipinski definition) is 3. The number of thiophene rings is 1. The lowest BCUT2D eigenvalue weighted by Gasteiger charge is -2.03. The van der Waals surface area contributed by atoms with Crippen molar-refractivity contribution in [2.75, 3.05) is 0 Å². The quantitative estimate of drug-likeness (QED) is 0.481. The summed E-state index contributed by atoms with van der Waals surface area (Å²) >= 11 is 7.44. The predicted octanol–water partition coefficient (Wildman–Crippen LogP) is 3.87. The Balaban J connectivity index is 1.56. The van der Waals surface area contributed by atoms with Crippen molar-refractivity contribution in [2.24, 2.45) is 0 Å². The van der Waals surface area contributed by atoms with Crippen molar-refractivity contribution < 1.29 is 9.59 Å². The highest BCUT2D eigenvalue weighted by Crippen LogP contribution is 2.29. The van der Waals surface area contributed by atoms with Crippen LogP contribution in [0, 0.1) is 0 Å². The lowest BCUT2D eigenvalue weighted by molar-refractivity contribution is -0.117. The van der Waals surface area contributed by atoms with Crippen molar-refractivity contribution in [2.45, 2.75) is 0 Å². The highest BCUT2D eigenvalue weighted by atomic mass is 35.5. The first kappa shape index (κ1) is 17.0. The van der Waals surface area contributed by atoms with Gasteiger partial charge in [-0.3, -0.25) is 20.4 Å². The molecule has 3 rings (SSSR count). The standard InChI is InChI=1S/C18H14ClN3O2S/c19-13-5-3-12(4-6-13)16-9-7-14(25-16)8-10-17(23)21-22-18(24)15-2-1-11-20-15/h1-11,20H,(H,21,23)(H,22,24). The van der Waals surface area contributed by atoms with Crippen LogP contribution in [0.25, 0.3) is 16.5 Å². The molecule has 0 fully saturated rings. The Morgan fingerprint density at radius 3 is 2.56 bits per heavy atom. The molecule has 3 aromatic rings. The first-order chi connectivity index (χ1) is 12.1. The lowest BCUT2D eigenvalue weighted by Crippen LogP contribution is -2.40. The van der Waals surface area contributed by atoms with E-state index in [0.29, 0.717) is 10.7 Å². The van der Waals surface area contributed by atoms with Gasteiger partial charge in [-0.2, -0.15) is 0 Å². The van der Waals surface area contributed by atoms with Crippen molar-refractivity contribution in [1.29, 1.82) is 0 Å². The predicted molar refractivity (Wildman–Crippen MR) is 100 cm³/mol. The van der Waals surface area contributed by atoms with Gasteiger partial charge in [-0.15, -0.1) is 11.3 Å². The zero-order chi connectivity index (χ0) is 17.6. The van der Waals surface area contributed by atoms with Gasteiger partial charge >= 0.3 is 0 Å². The largest absolute Gasteiger partial charge is 0.357 e. The molecule has 0 spiro atoms. The van der Waals surface area contributed by atoms with Gasteiger partial charge in [0.1, 0.15) is 5.69 Å². The number of carbonyl (C=O) groups excluding carboxylic acids is 2. The molecule has 2 amide bonds. The van der Waals surface area contributed by atoms with Gasteiger partial charge in [0.05, 0.1) is 0 Å². The summed E-state index contributed by atoms with van der Waals surface area (Å²) in [7, 11) is 0. The summed E-state index contributed by atoms with van der Waals surface area (Å²) in [6.07, 6.45) is 4.69. The zero-order valence-corrected chi connectivity index (χ0v) is 14.5.